The van der Waals surface area contributed by atoms with Crippen molar-refractivity contribution in [2.24, 2.45) is 5.92 Å². The topological polar surface area (TPSA) is 52.9 Å². The van der Waals surface area contributed by atoms with E-state index in [1.54, 1.807) is 19.2 Å². The number of likely N-dealkylation sites (tertiary alicyclic amines) is 1. The second kappa shape index (κ2) is 7.65. The molecule has 21 heavy (non-hydrogen) atoms. The summed E-state index contributed by atoms with van der Waals surface area (Å²) in [6.07, 6.45) is 1.85. The lowest BCUT2D eigenvalue weighted by atomic mass is 9.95. The number of piperidine rings is 1. The Morgan fingerprint density at radius 1 is 1.24 bits per heavy atom. The van der Waals surface area contributed by atoms with Gasteiger partial charge in [0.05, 0.1) is 29.8 Å². The summed E-state index contributed by atoms with van der Waals surface area (Å²) >= 11 is 12.1. The van der Waals surface area contributed by atoms with E-state index in [4.69, 9.17) is 27.9 Å². The lowest BCUT2D eigenvalue weighted by Gasteiger charge is -2.37. The van der Waals surface area contributed by atoms with Crippen LogP contribution >= 0.6 is 23.2 Å². The van der Waals surface area contributed by atoms with Crippen molar-refractivity contribution < 1.29 is 14.9 Å². The van der Waals surface area contributed by atoms with Crippen LogP contribution in [-0.2, 0) is 0 Å². The van der Waals surface area contributed by atoms with E-state index in [2.05, 4.69) is 4.90 Å². The highest BCUT2D eigenvalue weighted by atomic mass is 35.5. The molecule has 0 radical (unpaired) electrons. The van der Waals surface area contributed by atoms with Crippen LogP contribution in [0.3, 0.4) is 0 Å². The summed E-state index contributed by atoms with van der Waals surface area (Å²) in [5, 5.41) is 19.9. The SMILES string of the molecule is COc1cc(Cl)c(Cl)cc1C(CO)N1CCC(CO)CC1. The highest BCUT2D eigenvalue weighted by Crippen LogP contribution is 2.37. The summed E-state index contributed by atoms with van der Waals surface area (Å²) in [4.78, 5) is 2.20. The number of nitrogens with zero attached hydrogens (tertiary/aromatic N) is 1. The molecule has 118 valence electrons. The van der Waals surface area contributed by atoms with Crippen LogP contribution in [-0.4, -0.2) is 48.5 Å². The van der Waals surface area contributed by atoms with E-state index < -0.39 is 0 Å². The molecule has 1 aromatic rings. The minimum absolute atomic E-state index is 0.0158. The van der Waals surface area contributed by atoms with Crippen LogP contribution in [0.2, 0.25) is 10.0 Å². The van der Waals surface area contributed by atoms with Crippen molar-refractivity contribution in [3.8, 4) is 5.75 Å². The van der Waals surface area contributed by atoms with Gasteiger partial charge in [-0.05, 0) is 37.9 Å². The van der Waals surface area contributed by atoms with Crippen LogP contribution < -0.4 is 4.74 Å². The number of halogens is 2. The normalized spacial score (nSPS) is 18.7. The van der Waals surface area contributed by atoms with E-state index in [9.17, 15) is 10.2 Å². The van der Waals surface area contributed by atoms with E-state index >= 15 is 0 Å². The highest BCUT2D eigenvalue weighted by molar-refractivity contribution is 6.42. The fourth-order valence-corrected chi connectivity index (χ4v) is 3.16. The molecule has 0 amide bonds. The van der Waals surface area contributed by atoms with Gasteiger partial charge in [-0.25, -0.2) is 0 Å². The summed E-state index contributed by atoms with van der Waals surface area (Å²) in [7, 11) is 1.58. The quantitative estimate of drug-likeness (QED) is 0.869. The summed E-state index contributed by atoms with van der Waals surface area (Å²) in [5.74, 6) is 0.990. The molecule has 1 aromatic carbocycles. The molecule has 0 aliphatic carbocycles. The van der Waals surface area contributed by atoms with Crippen LogP contribution in [0.25, 0.3) is 0 Å². The Morgan fingerprint density at radius 2 is 1.86 bits per heavy atom. The van der Waals surface area contributed by atoms with Crippen molar-refractivity contribution in [3.63, 3.8) is 0 Å². The van der Waals surface area contributed by atoms with E-state index in [1.165, 1.54) is 0 Å². The molecule has 1 fully saturated rings. The minimum Gasteiger partial charge on any atom is -0.496 e. The smallest absolute Gasteiger partial charge is 0.125 e. The number of methoxy groups -OCH3 is 1. The number of benzene rings is 1. The third-order valence-corrected chi connectivity index (χ3v) is 4.87. The van der Waals surface area contributed by atoms with Gasteiger partial charge in [0.2, 0.25) is 0 Å². The first-order chi connectivity index (χ1) is 10.1. The molecule has 4 nitrogen and oxygen atoms in total. The van der Waals surface area contributed by atoms with Gasteiger partial charge in [0.15, 0.2) is 0 Å². The predicted octanol–water partition coefficient (Wildman–Crippen LogP) is 2.74. The maximum Gasteiger partial charge on any atom is 0.125 e. The standard InChI is InChI=1S/C15H21Cl2NO3/c1-21-15-7-13(17)12(16)6-11(15)14(9-20)18-4-2-10(8-19)3-5-18/h6-7,10,14,19-20H,2-5,8-9H2,1H3. The van der Waals surface area contributed by atoms with Crippen molar-refractivity contribution in [1.29, 1.82) is 0 Å². The highest BCUT2D eigenvalue weighted by Gasteiger charge is 2.28. The van der Waals surface area contributed by atoms with E-state index in [0.717, 1.165) is 31.5 Å². The van der Waals surface area contributed by atoms with Gasteiger partial charge in [0, 0.05) is 18.2 Å². The molecular formula is C15H21Cl2NO3. The molecule has 1 aliphatic heterocycles. The summed E-state index contributed by atoms with van der Waals surface area (Å²) in [5.41, 5.74) is 0.844. The molecule has 1 unspecified atom stereocenters. The van der Waals surface area contributed by atoms with E-state index in [0.29, 0.717) is 21.7 Å². The Balaban J connectivity index is 2.23. The van der Waals surface area contributed by atoms with Gasteiger partial charge in [0.1, 0.15) is 5.75 Å². The lowest BCUT2D eigenvalue weighted by molar-refractivity contribution is 0.0688. The molecule has 0 spiro atoms. The molecule has 1 aliphatic rings. The predicted molar refractivity (Wildman–Crippen MR) is 84.2 cm³/mol. The zero-order chi connectivity index (χ0) is 15.4. The first-order valence-electron chi connectivity index (χ1n) is 7.09. The number of rotatable bonds is 5. The Morgan fingerprint density at radius 3 is 2.38 bits per heavy atom. The van der Waals surface area contributed by atoms with Gasteiger partial charge in [-0.1, -0.05) is 23.2 Å². The Labute approximate surface area is 135 Å². The van der Waals surface area contributed by atoms with Crippen LogP contribution in [0, 0.1) is 5.92 Å². The van der Waals surface area contributed by atoms with Gasteiger partial charge in [-0.3, -0.25) is 4.90 Å². The number of aliphatic hydroxyl groups excluding tert-OH is 2. The zero-order valence-electron chi connectivity index (χ0n) is 12.1. The van der Waals surface area contributed by atoms with Crippen molar-refractivity contribution in [1.82, 2.24) is 4.90 Å². The first-order valence-corrected chi connectivity index (χ1v) is 7.85. The van der Waals surface area contributed by atoms with Crippen LogP contribution in [0.5, 0.6) is 5.75 Å². The average Bonchev–Trinajstić information content (AvgIpc) is 2.51. The first kappa shape index (κ1) is 16.8. The van der Waals surface area contributed by atoms with Crippen LogP contribution in [0.1, 0.15) is 24.4 Å². The second-order valence-corrected chi connectivity index (χ2v) is 6.18. The number of hydrogen-bond acceptors (Lipinski definition) is 4. The third-order valence-electron chi connectivity index (χ3n) is 4.15. The summed E-state index contributed by atoms with van der Waals surface area (Å²) in [6, 6.07) is 3.28. The van der Waals surface area contributed by atoms with Crippen molar-refractivity contribution in [2.75, 3.05) is 33.4 Å². The van der Waals surface area contributed by atoms with E-state index in [1.807, 2.05) is 0 Å². The fourth-order valence-electron chi connectivity index (χ4n) is 2.84. The van der Waals surface area contributed by atoms with Crippen LogP contribution in [0.15, 0.2) is 12.1 Å². The molecule has 1 heterocycles. The summed E-state index contributed by atoms with van der Waals surface area (Å²) < 4.78 is 5.38. The molecule has 0 bridgehead atoms. The molecule has 0 saturated carbocycles. The molecule has 0 aromatic heterocycles. The molecule has 1 saturated heterocycles. The zero-order valence-corrected chi connectivity index (χ0v) is 13.6. The number of ether oxygens (including phenoxy) is 1. The van der Waals surface area contributed by atoms with Gasteiger partial charge < -0.3 is 14.9 Å². The van der Waals surface area contributed by atoms with Gasteiger partial charge in [0.25, 0.3) is 0 Å². The monoisotopic (exact) mass is 333 g/mol. The van der Waals surface area contributed by atoms with E-state index in [-0.39, 0.29) is 19.3 Å². The number of aliphatic hydroxyl groups is 2. The number of hydrogen-bond donors (Lipinski definition) is 2. The van der Waals surface area contributed by atoms with Gasteiger partial charge >= 0.3 is 0 Å². The Bertz CT molecular complexity index is 476. The van der Waals surface area contributed by atoms with Crippen molar-refractivity contribution in [2.45, 2.75) is 18.9 Å². The molecule has 6 heteroatoms. The lowest BCUT2D eigenvalue weighted by Crippen LogP contribution is -2.39. The third kappa shape index (κ3) is 3.82. The van der Waals surface area contributed by atoms with Gasteiger partial charge in [-0.15, -0.1) is 0 Å². The molecule has 1 atom stereocenters. The molecule has 2 rings (SSSR count). The maximum absolute atomic E-state index is 9.81. The Hall–Kier alpha value is -0.520. The van der Waals surface area contributed by atoms with Crippen LogP contribution in [0.4, 0.5) is 0 Å². The van der Waals surface area contributed by atoms with Gasteiger partial charge in [-0.2, -0.15) is 0 Å². The second-order valence-electron chi connectivity index (χ2n) is 5.37. The average molecular weight is 334 g/mol. The largest absolute Gasteiger partial charge is 0.496 e. The fraction of sp³-hybridized carbons (Fsp3) is 0.600. The van der Waals surface area contributed by atoms with Crippen molar-refractivity contribution in [3.05, 3.63) is 27.7 Å². The molecular weight excluding hydrogens is 313 g/mol. The minimum atomic E-state index is -0.172. The van der Waals surface area contributed by atoms with Crippen molar-refractivity contribution >= 4 is 23.2 Å². The Kier molecular flexibility index (Phi) is 6.14. The maximum atomic E-state index is 9.81. The summed E-state index contributed by atoms with van der Waals surface area (Å²) in [6.45, 7) is 1.88. The molecule has 2 N–H and O–H groups in total.